The van der Waals surface area contributed by atoms with Crippen molar-refractivity contribution in [3.63, 3.8) is 0 Å². The Labute approximate surface area is 323 Å². The number of fused-ring (bicyclic) bond motifs is 5. The van der Waals surface area contributed by atoms with Crippen LogP contribution in [0, 0.1) is 46.3 Å². The summed E-state index contributed by atoms with van der Waals surface area (Å²) in [6.07, 6.45) is 37.6. The molecule has 0 saturated heterocycles. The SMILES string of the molecule is CCCCCCCCCCCCCCCCCC(=O)OC(CN)CO[C@H]1CC[C@@]2(C)C(=CC[C@H]3[C@@H]4CC[C@H]([C@H](C)CCCC(C)C)[C@@]4(C)CC[C@@H]32)C1. The average molecular weight is 726 g/mol. The predicted octanol–water partition coefficient (Wildman–Crippen LogP) is 13.5. The van der Waals surface area contributed by atoms with Crippen LogP contribution in [0.4, 0.5) is 0 Å². The molecule has 0 aromatic heterocycles. The molecule has 3 fully saturated rings. The van der Waals surface area contributed by atoms with Gasteiger partial charge in [0.25, 0.3) is 0 Å². The van der Waals surface area contributed by atoms with E-state index in [0.717, 1.165) is 61.2 Å². The van der Waals surface area contributed by atoms with Gasteiger partial charge in [0.15, 0.2) is 0 Å². The third-order valence-corrected chi connectivity index (χ3v) is 15.3. The Bertz CT molecular complexity index is 1040. The Morgan fingerprint density at radius 3 is 2.04 bits per heavy atom. The summed E-state index contributed by atoms with van der Waals surface area (Å²) < 4.78 is 12.3. The van der Waals surface area contributed by atoms with Gasteiger partial charge in [-0.15, -0.1) is 0 Å². The van der Waals surface area contributed by atoms with Crippen LogP contribution in [0.2, 0.25) is 0 Å². The molecular weight excluding hydrogens is 639 g/mol. The quantitative estimate of drug-likeness (QED) is 0.0548. The Morgan fingerprint density at radius 1 is 0.788 bits per heavy atom. The maximum absolute atomic E-state index is 12.6. The summed E-state index contributed by atoms with van der Waals surface area (Å²) in [5.74, 6) is 5.12. The molecule has 2 N–H and O–H groups in total. The fraction of sp³-hybridized carbons (Fsp3) is 0.938. The summed E-state index contributed by atoms with van der Waals surface area (Å²) in [5, 5.41) is 0. The number of carbonyl (C=O) groups excluding carboxylic acids is 1. The number of carbonyl (C=O) groups is 1. The minimum absolute atomic E-state index is 0.102. The van der Waals surface area contributed by atoms with Gasteiger partial charge >= 0.3 is 5.97 Å². The standard InChI is InChI=1S/C48H87NO3/c1-7-8-9-10-11-12-13-14-15-16-17-18-19-20-21-25-46(50)52-41(35-49)36-51-40-30-32-47(5)39(34-40)26-27-42-44-29-28-43(38(4)24-22-23-37(2)3)48(44,6)33-31-45(42)47/h26,37-38,40-45H,7-25,27-36,49H2,1-6H3/t38-,40+,41?,42+,43-,44+,45+,47+,48-/m1/s1. The molecular formula is C48H87NO3. The molecule has 52 heavy (non-hydrogen) atoms. The Morgan fingerprint density at radius 2 is 1.42 bits per heavy atom. The van der Waals surface area contributed by atoms with Crippen molar-refractivity contribution in [1.82, 2.24) is 0 Å². The molecule has 4 heteroatoms. The van der Waals surface area contributed by atoms with Crippen molar-refractivity contribution in [2.45, 2.75) is 227 Å². The van der Waals surface area contributed by atoms with Crippen molar-refractivity contribution in [2.75, 3.05) is 13.2 Å². The molecule has 9 atom stereocenters. The predicted molar refractivity (Wildman–Crippen MR) is 221 cm³/mol. The van der Waals surface area contributed by atoms with E-state index >= 15 is 0 Å². The molecule has 0 amide bonds. The zero-order chi connectivity index (χ0) is 37.4. The minimum atomic E-state index is -0.332. The lowest BCUT2D eigenvalue weighted by molar-refractivity contribution is -0.153. The van der Waals surface area contributed by atoms with E-state index in [0.29, 0.717) is 30.4 Å². The van der Waals surface area contributed by atoms with Gasteiger partial charge < -0.3 is 15.2 Å². The van der Waals surface area contributed by atoms with E-state index in [-0.39, 0.29) is 18.2 Å². The first-order chi connectivity index (χ1) is 25.1. The monoisotopic (exact) mass is 726 g/mol. The zero-order valence-corrected chi connectivity index (χ0v) is 35.5. The minimum Gasteiger partial charge on any atom is -0.459 e. The van der Waals surface area contributed by atoms with Crippen molar-refractivity contribution in [3.05, 3.63) is 11.6 Å². The summed E-state index contributed by atoms with van der Waals surface area (Å²) >= 11 is 0. The third-order valence-electron chi connectivity index (χ3n) is 15.3. The molecule has 4 aliphatic carbocycles. The lowest BCUT2D eigenvalue weighted by atomic mass is 9.47. The van der Waals surface area contributed by atoms with Gasteiger partial charge in [-0.1, -0.05) is 162 Å². The molecule has 302 valence electrons. The average Bonchev–Trinajstić information content (AvgIpc) is 3.48. The van der Waals surface area contributed by atoms with Gasteiger partial charge in [-0.2, -0.15) is 0 Å². The highest BCUT2D eigenvalue weighted by Crippen LogP contribution is 2.67. The first kappa shape index (κ1) is 43.9. The second-order valence-corrected chi connectivity index (χ2v) is 19.5. The van der Waals surface area contributed by atoms with Crippen molar-refractivity contribution in [1.29, 1.82) is 0 Å². The maximum Gasteiger partial charge on any atom is 0.306 e. The zero-order valence-electron chi connectivity index (χ0n) is 35.5. The fourth-order valence-electron chi connectivity index (χ4n) is 12.1. The molecule has 3 saturated carbocycles. The molecule has 0 aliphatic heterocycles. The topological polar surface area (TPSA) is 61.5 Å². The van der Waals surface area contributed by atoms with Crippen molar-refractivity contribution in [2.24, 2.45) is 52.1 Å². The van der Waals surface area contributed by atoms with Gasteiger partial charge in [0.2, 0.25) is 0 Å². The second kappa shape index (κ2) is 22.6. The summed E-state index contributed by atoms with van der Waals surface area (Å²) in [4.78, 5) is 12.6. The number of ether oxygens (including phenoxy) is 2. The normalized spacial score (nSPS) is 31.1. The number of allylic oxidation sites excluding steroid dienone is 1. The van der Waals surface area contributed by atoms with Gasteiger partial charge in [-0.25, -0.2) is 0 Å². The van der Waals surface area contributed by atoms with Gasteiger partial charge in [0.1, 0.15) is 6.10 Å². The largest absolute Gasteiger partial charge is 0.459 e. The van der Waals surface area contributed by atoms with Gasteiger partial charge in [0, 0.05) is 13.0 Å². The molecule has 0 spiro atoms. The highest BCUT2D eigenvalue weighted by Gasteiger charge is 2.59. The summed E-state index contributed by atoms with van der Waals surface area (Å²) in [6.45, 7) is 15.7. The number of nitrogens with two attached hydrogens (primary N) is 1. The third kappa shape index (κ3) is 12.6. The number of esters is 1. The second-order valence-electron chi connectivity index (χ2n) is 19.5. The molecule has 0 radical (unpaired) electrons. The summed E-state index contributed by atoms with van der Waals surface area (Å²) in [5.41, 5.74) is 8.61. The molecule has 1 unspecified atom stereocenters. The maximum atomic E-state index is 12.6. The van der Waals surface area contributed by atoms with E-state index < -0.39 is 0 Å². The summed E-state index contributed by atoms with van der Waals surface area (Å²) in [6, 6.07) is 0. The van der Waals surface area contributed by atoms with Crippen LogP contribution in [0.25, 0.3) is 0 Å². The smallest absolute Gasteiger partial charge is 0.306 e. The van der Waals surface area contributed by atoms with Gasteiger partial charge in [-0.3, -0.25) is 4.79 Å². The van der Waals surface area contributed by atoms with Crippen LogP contribution in [0.5, 0.6) is 0 Å². The van der Waals surface area contributed by atoms with Gasteiger partial charge in [0.05, 0.1) is 12.7 Å². The van der Waals surface area contributed by atoms with Crippen molar-refractivity contribution >= 4 is 5.97 Å². The number of hydrogen-bond donors (Lipinski definition) is 1. The Kier molecular flexibility index (Phi) is 19.1. The molecule has 0 bridgehead atoms. The first-order valence-corrected chi connectivity index (χ1v) is 23.3. The van der Waals surface area contributed by atoms with Crippen LogP contribution >= 0.6 is 0 Å². The van der Waals surface area contributed by atoms with Crippen molar-refractivity contribution in [3.8, 4) is 0 Å². The van der Waals surface area contributed by atoms with Crippen LogP contribution in [-0.4, -0.2) is 31.3 Å². The van der Waals surface area contributed by atoms with Crippen LogP contribution in [0.1, 0.15) is 215 Å². The number of unbranched alkanes of at least 4 members (excludes halogenated alkanes) is 14. The van der Waals surface area contributed by atoms with E-state index in [9.17, 15) is 4.79 Å². The lowest BCUT2D eigenvalue weighted by Gasteiger charge is -2.58. The van der Waals surface area contributed by atoms with Crippen molar-refractivity contribution < 1.29 is 14.3 Å². The van der Waals surface area contributed by atoms with E-state index in [1.807, 2.05) is 0 Å². The molecule has 4 rings (SSSR count). The molecule has 4 aliphatic rings. The highest BCUT2D eigenvalue weighted by atomic mass is 16.6. The van der Waals surface area contributed by atoms with E-state index in [2.05, 4.69) is 47.6 Å². The van der Waals surface area contributed by atoms with E-state index in [1.54, 1.807) is 5.57 Å². The first-order valence-electron chi connectivity index (χ1n) is 23.3. The fourth-order valence-corrected chi connectivity index (χ4v) is 12.1. The van der Waals surface area contributed by atoms with Gasteiger partial charge in [-0.05, 0) is 104 Å². The van der Waals surface area contributed by atoms with Crippen LogP contribution in [-0.2, 0) is 14.3 Å². The van der Waals surface area contributed by atoms with E-state index in [1.165, 1.54) is 141 Å². The van der Waals surface area contributed by atoms with Crippen LogP contribution in [0.3, 0.4) is 0 Å². The molecule has 0 heterocycles. The lowest BCUT2D eigenvalue weighted by Crippen LogP contribution is -2.51. The Hall–Kier alpha value is -0.870. The van der Waals surface area contributed by atoms with Crippen LogP contribution in [0.15, 0.2) is 11.6 Å². The molecule has 0 aromatic rings. The Balaban J connectivity index is 1.09. The highest BCUT2D eigenvalue weighted by molar-refractivity contribution is 5.69. The number of rotatable bonds is 26. The van der Waals surface area contributed by atoms with Crippen LogP contribution < -0.4 is 5.73 Å². The number of hydrogen-bond acceptors (Lipinski definition) is 4. The molecule has 0 aromatic carbocycles. The van der Waals surface area contributed by atoms with E-state index in [4.69, 9.17) is 15.2 Å². The summed E-state index contributed by atoms with van der Waals surface area (Å²) in [7, 11) is 0. The molecule has 4 nitrogen and oxygen atoms in total.